The molecule has 1 N–H and O–H groups in total. The van der Waals surface area contributed by atoms with Crippen LogP contribution in [0.15, 0.2) is 18.2 Å². The topological polar surface area (TPSA) is 21.3 Å². The SMILES string of the molecule is COc1ccc2c(c1)C(NCC(C)SC)CC2. The molecule has 0 fully saturated rings. The Kier molecular flexibility index (Phi) is 4.35. The highest BCUT2D eigenvalue weighted by Crippen LogP contribution is 2.33. The first kappa shape index (κ1) is 12.8. The van der Waals surface area contributed by atoms with Crippen LogP contribution in [0.1, 0.15) is 30.5 Å². The van der Waals surface area contributed by atoms with Crippen LogP contribution < -0.4 is 10.1 Å². The number of methoxy groups -OCH3 is 1. The predicted molar refractivity (Wildman–Crippen MR) is 75.0 cm³/mol. The van der Waals surface area contributed by atoms with Crippen LogP contribution in [0.5, 0.6) is 5.75 Å². The van der Waals surface area contributed by atoms with Crippen molar-refractivity contribution in [3.05, 3.63) is 29.3 Å². The molecule has 1 aliphatic carbocycles. The van der Waals surface area contributed by atoms with Crippen LogP contribution >= 0.6 is 11.8 Å². The van der Waals surface area contributed by atoms with Crippen molar-refractivity contribution in [1.82, 2.24) is 5.32 Å². The molecule has 1 aliphatic rings. The summed E-state index contributed by atoms with van der Waals surface area (Å²) in [5.74, 6) is 0.968. The van der Waals surface area contributed by atoms with E-state index in [9.17, 15) is 0 Å². The van der Waals surface area contributed by atoms with E-state index in [1.807, 2.05) is 11.8 Å². The van der Waals surface area contributed by atoms with Gasteiger partial charge in [-0.2, -0.15) is 11.8 Å². The van der Waals surface area contributed by atoms with Crippen molar-refractivity contribution >= 4 is 11.8 Å². The van der Waals surface area contributed by atoms with Crippen LogP contribution in [0, 0.1) is 0 Å². The highest BCUT2D eigenvalue weighted by molar-refractivity contribution is 7.99. The van der Waals surface area contributed by atoms with Gasteiger partial charge in [0.1, 0.15) is 5.75 Å². The summed E-state index contributed by atoms with van der Waals surface area (Å²) in [5.41, 5.74) is 2.90. The molecule has 0 spiro atoms. The van der Waals surface area contributed by atoms with Gasteiger partial charge >= 0.3 is 0 Å². The van der Waals surface area contributed by atoms with Gasteiger partial charge in [0.2, 0.25) is 0 Å². The lowest BCUT2D eigenvalue weighted by atomic mass is 10.1. The molecule has 1 aromatic rings. The molecule has 2 unspecified atom stereocenters. The van der Waals surface area contributed by atoms with E-state index in [1.165, 1.54) is 24.0 Å². The van der Waals surface area contributed by atoms with Gasteiger partial charge in [-0.25, -0.2) is 0 Å². The maximum Gasteiger partial charge on any atom is 0.119 e. The van der Waals surface area contributed by atoms with E-state index >= 15 is 0 Å². The van der Waals surface area contributed by atoms with E-state index in [2.05, 4.69) is 36.7 Å². The summed E-state index contributed by atoms with van der Waals surface area (Å²) in [7, 11) is 1.73. The molecule has 0 aliphatic heterocycles. The molecular weight excluding hydrogens is 230 g/mol. The lowest BCUT2D eigenvalue weighted by Gasteiger charge is -2.17. The maximum atomic E-state index is 5.30. The van der Waals surface area contributed by atoms with Crippen molar-refractivity contribution in [3.8, 4) is 5.75 Å². The number of ether oxygens (including phenoxy) is 1. The van der Waals surface area contributed by atoms with Crippen LogP contribution in [-0.2, 0) is 6.42 Å². The molecule has 2 rings (SSSR count). The highest BCUT2D eigenvalue weighted by atomic mass is 32.2. The Bertz CT molecular complexity index is 380. The number of aryl methyl sites for hydroxylation is 1. The normalized spacial score (nSPS) is 20.1. The molecule has 0 radical (unpaired) electrons. The molecule has 2 atom stereocenters. The van der Waals surface area contributed by atoms with Gasteiger partial charge < -0.3 is 10.1 Å². The molecule has 0 aromatic heterocycles. The highest BCUT2D eigenvalue weighted by Gasteiger charge is 2.22. The summed E-state index contributed by atoms with van der Waals surface area (Å²) in [6.07, 6.45) is 4.56. The fraction of sp³-hybridized carbons (Fsp3) is 0.571. The second kappa shape index (κ2) is 5.78. The smallest absolute Gasteiger partial charge is 0.119 e. The van der Waals surface area contributed by atoms with Crippen molar-refractivity contribution in [3.63, 3.8) is 0 Å². The molecule has 3 heteroatoms. The van der Waals surface area contributed by atoms with Gasteiger partial charge in [0.25, 0.3) is 0 Å². The average molecular weight is 251 g/mol. The van der Waals surface area contributed by atoms with Crippen LogP contribution in [-0.4, -0.2) is 25.2 Å². The van der Waals surface area contributed by atoms with E-state index in [-0.39, 0.29) is 0 Å². The molecule has 0 saturated carbocycles. The monoisotopic (exact) mass is 251 g/mol. The van der Waals surface area contributed by atoms with Gasteiger partial charge in [0, 0.05) is 17.8 Å². The zero-order valence-electron chi connectivity index (χ0n) is 10.8. The third-order valence-corrected chi connectivity index (χ3v) is 4.46. The Hall–Kier alpha value is -0.670. The number of fused-ring (bicyclic) bond motifs is 1. The van der Waals surface area contributed by atoms with Crippen molar-refractivity contribution < 1.29 is 4.74 Å². The minimum Gasteiger partial charge on any atom is -0.497 e. The molecule has 0 saturated heterocycles. The Labute approximate surface area is 108 Å². The minimum absolute atomic E-state index is 0.509. The van der Waals surface area contributed by atoms with E-state index in [0.29, 0.717) is 11.3 Å². The van der Waals surface area contributed by atoms with Crippen molar-refractivity contribution in [2.75, 3.05) is 19.9 Å². The standard InChI is InChI=1S/C14H21NOS/c1-10(17-3)9-15-14-7-5-11-4-6-12(16-2)8-13(11)14/h4,6,8,10,14-15H,5,7,9H2,1-3H3. The van der Waals surface area contributed by atoms with Gasteiger partial charge in [-0.1, -0.05) is 13.0 Å². The van der Waals surface area contributed by atoms with Crippen molar-refractivity contribution in [1.29, 1.82) is 0 Å². The van der Waals surface area contributed by atoms with E-state index in [4.69, 9.17) is 4.74 Å². The van der Waals surface area contributed by atoms with Gasteiger partial charge in [0.15, 0.2) is 0 Å². The molecular formula is C14H21NOS. The lowest BCUT2D eigenvalue weighted by Crippen LogP contribution is -2.26. The first-order chi connectivity index (χ1) is 8.24. The lowest BCUT2D eigenvalue weighted by molar-refractivity contribution is 0.413. The number of hydrogen-bond acceptors (Lipinski definition) is 3. The third kappa shape index (κ3) is 2.96. The predicted octanol–water partition coefficient (Wildman–Crippen LogP) is 3.02. The van der Waals surface area contributed by atoms with E-state index < -0.39 is 0 Å². The zero-order chi connectivity index (χ0) is 12.3. The maximum absolute atomic E-state index is 5.30. The van der Waals surface area contributed by atoms with Crippen molar-refractivity contribution in [2.45, 2.75) is 31.1 Å². The molecule has 0 heterocycles. The van der Waals surface area contributed by atoms with Crippen LogP contribution in [0.25, 0.3) is 0 Å². The van der Waals surface area contributed by atoms with Gasteiger partial charge in [0.05, 0.1) is 7.11 Å². The number of thioether (sulfide) groups is 1. The second-order valence-corrected chi connectivity index (χ2v) is 5.89. The van der Waals surface area contributed by atoms with Crippen LogP contribution in [0.4, 0.5) is 0 Å². The van der Waals surface area contributed by atoms with Gasteiger partial charge in [-0.3, -0.25) is 0 Å². The summed E-state index contributed by atoms with van der Waals surface area (Å²) < 4.78 is 5.30. The number of benzene rings is 1. The molecule has 0 bridgehead atoms. The van der Waals surface area contributed by atoms with Crippen LogP contribution in [0.2, 0.25) is 0 Å². The minimum atomic E-state index is 0.509. The largest absolute Gasteiger partial charge is 0.497 e. The Morgan fingerprint density at radius 1 is 1.53 bits per heavy atom. The molecule has 94 valence electrons. The summed E-state index contributed by atoms with van der Waals surface area (Å²) in [4.78, 5) is 0. The quantitative estimate of drug-likeness (QED) is 0.869. The Morgan fingerprint density at radius 3 is 3.06 bits per heavy atom. The summed E-state index contributed by atoms with van der Waals surface area (Å²) >= 11 is 1.91. The fourth-order valence-electron chi connectivity index (χ4n) is 2.31. The number of rotatable bonds is 5. The first-order valence-corrected chi connectivity index (χ1v) is 7.46. The summed E-state index contributed by atoms with van der Waals surface area (Å²) in [5, 5.41) is 4.33. The van der Waals surface area contributed by atoms with Gasteiger partial charge in [-0.05, 0) is 42.4 Å². The van der Waals surface area contributed by atoms with Gasteiger partial charge in [-0.15, -0.1) is 0 Å². The third-order valence-electron chi connectivity index (χ3n) is 3.48. The Balaban J connectivity index is 2.04. The summed E-state index contributed by atoms with van der Waals surface area (Å²) in [6, 6.07) is 6.96. The molecule has 0 amide bonds. The fourth-order valence-corrected chi connectivity index (χ4v) is 2.57. The molecule has 1 aromatic carbocycles. The summed E-state index contributed by atoms with van der Waals surface area (Å²) in [6.45, 7) is 3.33. The molecule has 2 nitrogen and oxygen atoms in total. The van der Waals surface area contributed by atoms with Crippen molar-refractivity contribution in [2.24, 2.45) is 0 Å². The van der Waals surface area contributed by atoms with E-state index in [0.717, 1.165) is 12.3 Å². The Morgan fingerprint density at radius 2 is 2.35 bits per heavy atom. The number of hydrogen-bond donors (Lipinski definition) is 1. The van der Waals surface area contributed by atoms with E-state index in [1.54, 1.807) is 7.11 Å². The second-order valence-electron chi connectivity index (χ2n) is 4.61. The first-order valence-electron chi connectivity index (χ1n) is 6.17. The molecule has 17 heavy (non-hydrogen) atoms. The van der Waals surface area contributed by atoms with Crippen LogP contribution in [0.3, 0.4) is 0 Å². The number of nitrogens with one attached hydrogen (secondary N) is 1. The average Bonchev–Trinajstić information content (AvgIpc) is 2.78. The zero-order valence-corrected chi connectivity index (χ0v) is 11.6.